The highest BCUT2D eigenvalue weighted by Gasteiger charge is 2.10. The molecule has 1 rings (SSSR count). The van der Waals surface area contributed by atoms with Gasteiger partial charge >= 0.3 is 0 Å². The Hall–Kier alpha value is -0.530. The summed E-state index contributed by atoms with van der Waals surface area (Å²) in [6, 6.07) is 5.73. The van der Waals surface area contributed by atoms with Crippen LogP contribution in [0.2, 0.25) is 10.0 Å². The van der Waals surface area contributed by atoms with E-state index in [1.54, 1.807) is 6.21 Å². The molecule has 148 valence electrons. The maximum absolute atomic E-state index is 7.68. The highest BCUT2D eigenvalue weighted by atomic mass is 35.5. The van der Waals surface area contributed by atoms with Gasteiger partial charge in [-0.05, 0) is 24.1 Å². The van der Waals surface area contributed by atoms with E-state index in [0.29, 0.717) is 10.0 Å². The molecule has 0 fully saturated rings. The van der Waals surface area contributed by atoms with Crippen molar-refractivity contribution in [2.45, 2.75) is 103 Å². The van der Waals surface area contributed by atoms with Gasteiger partial charge in [0, 0.05) is 12.1 Å². The summed E-state index contributed by atoms with van der Waals surface area (Å²) in [6.45, 7) is 2.28. The highest BCUT2D eigenvalue weighted by Crippen LogP contribution is 2.28. The van der Waals surface area contributed by atoms with E-state index in [1.807, 2.05) is 18.2 Å². The largest absolute Gasteiger partial charge is 0.312 e. The van der Waals surface area contributed by atoms with Crippen LogP contribution < -0.4 is 0 Å². The minimum absolute atomic E-state index is 0.164. The second-order valence-electron chi connectivity index (χ2n) is 7.48. The van der Waals surface area contributed by atoms with Crippen LogP contribution in [0.25, 0.3) is 0 Å². The van der Waals surface area contributed by atoms with Crippen molar-refractivity contribution in [2.24, 2.45) is 0 Å². The molecule has 26 heavy (non-hydrogen) atoms. The van der Waals surface area contributed by atoms with Crippen LogP contribution in [-0.4, -0.2) is 6.21 Å². The molecule has 1 aromatic carbocycles. The van der Waals surface area contributed by atoms with Crippen molar-refractivity contribution in [3.8, 4) is 0 Å². The number of unbranched alkanes of at least 4 members (excludes halogenated alkanes) is 12. The molecule has 0 heterocycles. The predicted octanol–water partition coefficient (Wildman–Crippen LogP) is 9.21. The lowest BCUT2D eigenvalue weighted by atomic mass is 9.94. The van der Waals surface area contributed by atoms with Crippen LogP contribution in [0, 0.1) is 5.41 Å². The third-order valence-electron chi connectivity index (χ3n) is 5.19. The van der Waals surface area contributed by atoms with Crippen LogP contribution in [0.5, 0.6) is 0 Å². The van der Waals surface area contributed by atoms with Gasteiger partial charge in [0.2, 0.25) is 0 Å². The van der Waals surface area contributed by atoms with E-state index >= 15 is 0 Å². The molecular weight excluding hydrogens is 361 g/mol. The van der Waals surface area contributed by atoms with Crippen molar-refractivity contribution in [2.75, 3.05) is 0 Å². The van der Waals surface area contributed by atoms with E-state index < -0.39 is 0 Å². The molecule has 1 nitrogen and oxygen atoms in total. The van der Waals surface area contributed by atoms with Crippen molar-refractivity contribution in [1.82, 2.24) is 0 Å². The van der Waals surface area contributed by atoms with Crippen LogP contribution in [0.4, 0.5) is 0 Å². The minimum Gasteiger partial charge on any atom is -0.312 e. The number of hydrogen-bond acceptors (Lipinski definition) is 1. The maximum atomic E-state index is 7.68. The number of hydrogen-bond donors (Lipinski definition) is 1. The second-order valence-corrected chi connectivity index (χ2v) is 8.29. The standard InChI is InChI=1S/C23H37Cl2N/c1-2-3-4-5-6-7-8-9-10-11-12-13-14-15-21(19-26)20-16-17-22(24)23(25)18-20/h16-19,21,26H,2-15H2,1H3/t21-/m0/s1. The molecule has 0 spiro atoms. The van der Waals surface area contributed by atoms with Gasteiger partial charge in [-0.3, -0.25) is 0 Å². The molecule has 0 aliphatic carbocycles. The third-order valence-corrected chi connectivity index (χ3v) is 5.93. The normalized spacial score (nSPS) is 12.3. The zero-order chi connectivity index (χ0) is 19.0. The Labute approximate surface area is 171 Å². The molecular formula is C23H37Cl2N. The predicted molar refractivity (Wildman–Crippen MR) is 118 cm³/mol. The maximum Gasteiger partial charge on any atom is 0.0595 e. The van der Waals surface area contributed by atoms with Gasteiger partial charge in [0.15, 0.2) is 0 Å². The van der Waals surface area contributed by atoms with Gasteiger partial charge in [-0.1, -0.05) is 120 Å². The van der Waals surface area contributed by atoms with Crippen LogP contribution in [-0.2, 0) is 0 Å². The fraction of sp³-hybridized carbons (Fsp3) is 0.696. The first-order valence-electron chi connectivity index (χ1n) is 10.6. The van der Waals surface area contributed by atoms with Crippen molar-refractivity contribution < 1.29 is 0 Å². The number of rotatable bonds is 16. The van der Waals surface area contributed by atoms with Gasteiger partial charge in [0.1, 0.15) is 0 Å². The number of halogens is 2. The fourth-order valence-electron chi connectivity index (χ4n) is 3.47. The van der Waals surface area contributed by atoms with Gasteiger partial charge in [-0.15, -0.1) is 0 Å². The second kappa shape index (κ2) is 15.5. The molecule has 0 unspecified atom stereocenters. The third kappa shape index (κ3) is 10.6. The van der Waals surface area contributed by atoms with E-state index in [4.69, 9.17) is 28.6 Å². The monoisotopic (exact) mass is 397 g/mol. The lowest BCUT2D eigenvalue weighted by Gasteiger charge is -2.13. The van der Waals surface area contributed by atoms with Crippen molar-refractivity contribution >= 4 is 29.4 Å². The van der Waals surface area contributed by atoms with Crippen molar-refractivity contribution in [3.63, 3.8) is 0 Å². The topological polar surface area (TPSA) is 23.9 Å². The van der Waals surface area contributed by atoms with E-state index in [1.165, 1.54) is 83.5 Å². The Morgan fingerprint density at radius 3 is 1.73 bits per heavy atom. The van der Waals surface area contributed by atoms with Crippen LogP contribution in [0.3, 0.4) is 0 Å². The summed E-state index contributed by atoms with van der Waals surface area (Å²) < 4.78 is 0. The zero-order valence-corrected chi connectivity index (χ0v) is 18.1. The zero-order valence-electron chi connectivity index (χ0n) is 16.5. The SMILES string of the molecule is CCCCCCCCCCCCCCC[C@@H](C=N)c1ccc(Cl)c(Cl)c1. The lowest BCUT2D eigenvalue weighted by Crippen LogP contribution is -2.00. The smallest absolute Gasteiger partial charge is 0.0595 e. The van der Waals surface area contributed by atoms with Crippen LogP contribution in [0.15, 0.2) is 18.2 Å². The molecule has 3 heteroatoms. The summed E-state index contributed by atoms with van der Waals surface area (Å²) >= 11 is 12.1. The minimum atomic E-state index is 0.164. The summed E-state index contributed by atoms with van der Waals surface area (Å²) in [5.74, 6) is 0.164. The number of benzene rings is 1. The lowest BCUT2D eigenvalue weighted by molar-refractivity contribution is 0.533. The first-order valence-corrected chi connectivity index (χ1v) is 11.4. The van der Waals surface area contributed by atoms with E-state index in [2.05, 4.69) is 6.92 Å². The first kappa shape index (κ1) is 23.5. The van der Waals surface area contributed by atoms with Gasteiger partial charge in [0.05, 0.1) is 10.0 Å². The van der Waals surface area contributed by atoms with Crippen molar-refractivity contribution in [1.29, 1.82) is 5.41 Å². The Kier molecular flexibility index (Phi) is 14.0. The van der Waals surface area contributed by atoms with Gasteiger partial charge in [-0.25, -0.2) is 0 Å². The summed E-state index contributed by atoms with van der Waals surface area (Å²) in [7, 11) is 0. The average molecular weight is 398 g/mol. The van der Waals surface area contributed by atoms with Crippen LogP contribution in [0.1, 0.15) is 108 Å². The fourth-order valence-corrected chi connectivity index (χ4v) is 3.78. The summed E-state index contributed by atoms with van der Waals surface area (Å²) in [5.41, 5.74) is 1.10. The Bertz CT molecular complexity index is 487. The molecule has 0 aliphatic rings. The van der Waals surface area contributed by atoms with Crippen LogP contribution >= 0.6 is 23.2 Å². The summed E-state index contributed by atoms with van der Waals surface area (Å²) in [4.78, 5) is 0. The summed E-state index contributed by atoms with van der Waals surface area (Å²) in [5, 5.41) is 8.85. The Morgan fingerprint density at radius 1 is 0.769 bits per heavy atom. The molecule has 1 aromatic rings. The highest BCUT2D eigenvalue weighted by molar-refractivity contribution is 6.42. The molecule has 1 N–H and O–H groups in total. The summed E-state index contributed by atoms with van der Waals surface area (Å²) in [6.07, 6.45) is 20.4. The molecule has 0 radical (unpaired) electrons. The van der Waals surface area contributed by atoms with E-state index in [-0.39, 0.29) is 5.92 Å². The molecule has 0 saturated carbocycles. The average Bonchev–Trinajstić information content (AvgIpc) is 2.64. The molecule has 0 saturated heterocycles. The Morgan fingerprint density at radius 2 is 1.27 bits per heavy atom. The Balaban J connectivity index is 2.00. The first-order chi connectivity index (χ1) is 12.7. The van der Waals surface area contributed by atoms with Gasteiger partial charge in [-0.2, -0.15) is 0 Å². The van der Waals surface area contributed by atoms with Gasteiger partial charge < -0.3 is 5.41 Å². The molecule has 1 atom stereocenters. The van der Waals surface area contributed by atoms with Crippen molar-refractivity contribution in [3.05, 3.63) is 33.8 Å². The molecule has 0 bridgehead atoms. The molecule has 0 aromatic heterocycles. The molecule has 0 amide bonds. The van der Waals surface area contributed by atoms with E-state index in [0.717, 1.165) is 12.0 Å². The quantitative estimate of drug-likeness (QED) is 0.212. The molecule has 0 aliphatic heterocycles. The van der Waals surface area contributed by atoms with E-state index in [9.17, 15) is 0 Å². The van der Waals surface area contributed by atoms with Gasteiger partial charge in [0.25, 0.3) is 0 Å². The number of nitrogens with one attached hydrogen (secondary N) is 1.